The first kappa shape index (κ1) is 14.0. The van der Waals surface area contributed by atoms with Gasteiger partial charge in [-0.1, -0.05) is 0 Å². The molecule has 0 atom stereocenters. The minimum atomic E-state index is -0.753. The van der Waals surface area contributed by atoms with Gasteiger partial charge >= 0.3 is 0 Å². The van der Waals surface area contributed by atoms with Crippen LogP contribution >= 0.6 is 0 Å². The summed E-state index contributed by atoms with van der Waals surface area (Å²) in [5.74, 6) is -1.19. The van der Waals surface area contributed by atoms with Crippen molar-refractivity contribution in [2.24, 2.45) is 0 Å². The second kappa shape index (κ2) is 6.14. The third-order valence-corrected chi connectivity index (χ3v) is 2.62. The van der Waals surface area contributed by atoms with Crippen LogP contribution in [-0.2, 0) is 0 Å². The van der Waals surface area contributed by atoms with Crippen molar-refractivity contribution in [2.75, 3.05) is 13.7 Å². The highest BCUT2D eigenvalue weighted by atomic mass is 19.1. The number of carbonyl (C=O) groups is 1. The number of methoxy groups -OCH3 is 1. The van der Waals surface area contributed by atoms with Crippen LogP contribution in [-0.4, -0.2) is 19.5 Å². The number of benzene rings is 2. The summed E-state index contributed by atoms with van der Waals surface area (Å²) in [7, 11) is 1.53. The largest absolute Gasteiger partial charge is 0.497 e. The van der Waals surface area contributed by atoms with Gasteiger partial charge in [0, 0.05) is 23.8 Å². The molecular weight excluding hydrogens is 266 g/mol. The molecular formula is C15H12F2O3. The molecule has 0 saturated heterocycles. The number of halogens is 2. The summed E-state index contributed by atoms with van der Waals surface area (Å²) in [6.45, 7) is -0.296. The van der Waals surface area contributed by atoms with Crippen molar-refractivity contribution in [1.29, 1.82) is 0 Å². The van der Waals surface area contributed by atoms with E-state index in [2.05, 4.69) is 0 Å². The standard InChI is InChI=1S/C15H12F2O3/c1-19-13-4-2-10(3-5-13)15(18)9-20-14-7-11(16)6-12(17)8-14/h2-8H,9H2,1H3. The minimum absolute atomic E-state index is 0.0237. The number of rotatable bonds is 5. The summed E-state index contributed by atoms with van der Waals surface area (Å²) < 4.78 is 35.9. The summed E-state index contributed by atoms with van der Waals surface area (Å²) in [6.07, 6.45) is 0. The Hall–Kier alpha value is -2.43. The zero-order valence-corrected chi connectivity index (χ0v) is 10.7. The topological polar surface area (TPSA) is 35.5 Å². The smallest absolute Gasteiger partial charge is 0.200 e. The van der Waals surface area contributed by atoms with Crippen molar-refractivity contribution >= 4 is 5.78 Å². The van der Waals surface area contributed by atoms with Crippen LogP contribution in [0.1, 0.15) is 10.4 Å². The normalized spacial score (nSPS) is 10.2. The maximum atomic E-state index is 12.9. The van der Waals surface area contributed by atoms with Crippen molar-refractivity contribution in [3.05, 3.63) is 59.7 Å². The maximum Gasteiger partial charge on any atom is 0.200 e. The van der Waals surface area contributed by atoms with E-state index in [-0.39, 0.29) is 18.1 Å². The van der Waals surface area contributed by atoms with Crippen LogP contribution in [0.4, 0.5) is 8.78 Å². The van der Waals surface area contributed by atoms with E-state index < -0.39 is 11.6 Å². The van der Waals surface area contributed by atoms with Crippen molar-refractivity contribution in [3.8, 4) is 11.5 Å². The fourth-order valence-corrected chi connectivity index (χ4v) is 1.62. The third-order valence-electron chi connectivity index (χ3n) is 2.62. The zero-order valence-electron chi connectivity index (χ0n) is 10.7. The summed E-state index contributed by atoms with van der Waals surface area (Å²) in [5.41, 5.74) is 0.433. The Bertz CT molecular complexity index is 589. The number of hydrogen-bond donors (Lipinski definition) is 0. The summed E-state index contributed by atoms with van der Waals surface area (Å²) in [4.78, 5) is 11.8. The van der Waals surface area contributed by atoms with Gasteiger partial charge in [0.2, 0.25) is 0 Å². The van der Waals surface area contributed by atoms with Gasteiger partial charge in [-0.05, 0) is 24.3 Å². The van der Waals surface area contributed by atoms with Crippen LogP contribution in [0.25, 0.3) is 0 Å². The quantitative estimate of drug-likeness (QED) is 0.788. The summed E-state index contributed by atoms with van der Waals surface area (Å²) >= 11 is 0. The van der Waals surface area contributed by atoms with E-state index >= 15 is 0 Å². The second-order valence-electron chi connectivity index (χ2n) is 4.05. The van der Waals surface area contributed by atoms with Gasteiger partial charge in [0.25, 0.3) is 0 Å². The monoisotopic (exact) mass is 278 g/mol. The van der Waals surface area contributed by atoms with Gasteiger partial charge in [-0.25, -0.2) is 8.78 Å². The third kappa shape index (κ3) is 3.54. The molecule has 2 aromatic carbocycles. The van der Waals surface area contributed by atoms with Crippen LogP contribution in [0.5, 0.6) is 11.5 Å². The Balaban J connectivity index is 2.00. The van der Waals surface area contributed by atoms with E-state index in [0.717, 1.165) is 18.2 Å². The van der Waals surface area contributed by atoms with Crippen molar-refractivity contribution in [3.63, 3.8) is 0 Å². The molecule has 0 aliphatic heterocycles. The summed E-state index contributed by atoms with van der Waals surface area (Å²) in [5, 5.41) is 0. The molecule has 0 saturated carbocycles. The predicted octanol–water partition coefficient (Wildman–Crippen LogP) is 3.24. The molecule has 0 amide bonds. The molecule has 0 radical (unpaired) electrons. The molecule has 0 bridgehead atoms. The molecule has 0 aliphatic rings. The number of ketones is 1. The Morgan fingerprint density at radius 3 is 2.15 bits per heavy atom. The Kier molecular flexibility index (Phi) is 4.30. The average molecular weight is 278 g/mol. The van der Waals surface area contributed by atoms with Gasteiger partial charge in [0.15, 0.2) is 12.4 Å². The van der Waals surface area contributed by atoms with E-state index in [4.69, 9.17) is 9.47 Å². The minimum Gasteiger partial charge on any atom is -0.497 e. The van der Waals surface area contributed by atoms with E-state index in [9.17, 15) is 13.6 Å². The van der Waals surface area contributed by atoms with Gasteiger partial charge in [-0.2, -0.15) is 0 Å². The molecule has 5 heteroatoms. The van der Waals surface area contributed by atoms with Crippen LogP contribution in [0.15, 0.2) is 42.5 Å². The number of carbonyl (C=O) groups excluding carboxylic acids is 1. The molecule has 2 rings (SSSR count). The molecule has 0 heterocycles. The highest BCUT2D eigenvalue weighted by Crippen LogP contribution is 2.16. The lowest BCUT2D eigenvalue weighted by Crippen LogP contribution is -2.11. The van der Waals surface area contributed by atoms with Crippen LogP contribution in [0.2, 0.25) is 0 Å². The Morgan fingerprint density at radius 1 is 1.00 bits per heavy atom. The fourth-order valence-electron chi connectivity index (χ4n) is 1.62. The number of Topliss-reactive ketones (excluding diaryl/α,β-unsaturated/α-hetero) is 1. The maximum absolute atomic E-state index is 12.9. The second-order valence-corrected chi connectivity index (χ2v) is 4.05. The van der Waals surface area contributed by atoms with E-state index in [0.29, 0.717) is 11.3 Å². The first-order valence-corrected chi connectivity index (χ1v) is 5.84. The molecule has 0 spiro atoms. The molecule has 0 unspecified atom stereocenters. The lowest BCUT2D eigenvalue weighted by Gasteiger charge is -2.06. The first-order chi connectivity index (χ1) is 9.58. The summed E-state index contributed by atoms with van der Waals surface area (Å²) in [6, 6.07) is 9.25. The molecule has 0 aromatic heterocycles. The van der Waals surface area contributed by atoms with Crippen molar-refractivity contribution < 1.29 is 23.0 Å². The molecule has 2 aromatic rings. The highest BCUT2D eigenvalue weighted by Gasteiger charge is 2.08. The molecule has 0 aliphatic carbocycles. The van der Waals surface area contributed by atoms with Crippen LogP contribution in [0, 0.1) is 11.6 Å². The molecule has 0 fully saturated rings. The van der Waals surface area contributed by atoms with Crippen LogP contribution < -0.4 is 9.47 Å². The predicted molar refractivity (Wildman–Crippen MR) is 69.2 cm³/mol. The van der Waals surface area contributed by atoms with Gasteiger partial charge in [-0.3, -0.25) is 4.79 Å². The highest BCUT2D eigenvalue weighted by molar-refractivity contribution is 5.97. The van der Waals surface area contributed by atoms with E-state index in [1.165, 1.54) is 7.11 Å². The fraction of sp³-hybridized carbons (Fsp3) is 0.133. The van der Waals surface area contributed by atoms with Crippen molar-refractivity contribution in [2.45, 2.75) is 0 Å². The zero-order chi connectivity index (χ0) is 14.5. The first-order valence-electron chi connectivity index (χ1n) is 5.84. The average Bonchev–Trinajstić information content (AvgIpc) is 2.44. The van der Waals surface area contributed by atoms with E-state index in [1.54, 1.807) is 24.3 Å². The molecule has 0 N–H and O–H groups in total. The number of hydrogen-bond acceptors (Lipinski definition) is 3. The SMILES string of the molecule is COc1ccc(C(=O)COc2cc(F)cc(F)c2)cc1. The molecule has 3 nitrogen and oxygen atoms in total. The van der Waals surface area contributed by atoms with E-state index in [1.807, 2.05) is 0 Å². The number of ether oxygens (including phenoxy) is 2. The van der Waals surface area contributed by atoms with Crippen LogP contribution in [0.3, 0.4) is 0 Å². The lowest BCUT2D eigenvalue weighted by atomic mass is 10.1. The van der Waals surface area contributed by atoms with Gasteiger partial charge in [-0.15, -0.1) is 0 Å². The Labute approximate surface area is 114 Å². The van der Waals surface area contributed by atoms with Gasteiger partial charge in [0.1, 0.15) is 23.1 Å². The lowest BCUT2D eigenvalue weighted by molar-refractivity contribution is 0.0921. The molecule has 104 valence electrons. The van der Waals surface area contributed by atoms with Crippen molar-refractivity contribution in [1.82, 2.24) is 0 Å². The van der Waals surface area contributed by atoms with Gasteiger partial charge < -0.3 is 9.47 Å². The molecule has 20 heavy (non-hydrogen) atoms. The Morgan fingerprint density at radius 2 is 1.60 bits per heavy atom. The van der Waals surface area contributed by atoms with Gasteiger partial charge in [0.05, 0.1) is 7.11 Å².